The van der Waals surface area contributed by atoms with Gasteiger partial charge in [-0.25, -0.2) is 4.79 Å². The molecule has 7 nitrogen and oxygen atoms in total. The van der Waals surface area contributed by atoms with Crippen molar-refractivity contribution in [2.45, 2.75) is 52.1 Å². The summed E-state index contributed by atoms with van der Waals surface area (Å²) in [5.74, 6) is 0.945. The van der Waals surface area contributed by atoms with Crippen LogP contribution >= 0.6 is 0 Å². The molecule has 1 heterocycles. The maximum absolute atomic E-state index is 12.1. The second kappa shape index (κ2) is 8.62. The van der Waals surface area contributed by atoms with Crippen LogP contribution in [0.15, 0.2) is 28.7 Å². The Balaban J connectivity index is 1.90. The van der Waals surface area contributed by atoms with Gasteiger partial charge in [-0.2, -0.15) is 0 Å². The molecular formula is C18H26N4O3. The van der Waals surface area contributed by atoms with Crippen molar-refractivity contribution in [2.24, 2.45) is 0 Å². The Labute approximate surface area is 147 Å². The predicted octanol–water partition coefficient (Wildman–Crippen LogP) is 3.50. The summed E-state index contributed by atoms with van der Waals surface area (Å²) in [6.45, 7) is 6.01. The minimum Gasteiger partial charge on any atom is -0.421 e. The maximum Gasteiger partial charge on any atom is 0.319 e. The first-order valence-corrected chi connectivity index (χ1v) is 8.63. The number of carbonyl (C=O) groups is 1. The molecule has 0 unspecified atom stereocenters. The smallest absolute Gasteiger partial charge is 0.319 e. The van der Waals surface area contributed by atoms with Crippen molar-refractivity contribution >= 4 is 11.7 Å². The van der Waals surface area contributed by atoms with Gasteiger partial charge in [-0.15, -0.1) is 10.2 Å². The quantitative estimate of drug-likeness (QED) is 0.679. The first kappa shape index (κ1) is 18.9. The van der Waals surface area contributed by atoms with Crippen molar-refractivity contribution in [1.82, 2.24) is 15.5 Å². The van der Waals surface area contributed by atoms with Gasteiger partial charge in [0.2, 0.25) is 11.8 Å². The molecule has 2 amide bonds. The molecule has 0 bridgehead atoms. The van der Waals surface area contributed by atoms with Gasteiger partial charge in [0.05, 0.1) is 5.60 Å². The van der Waals surface area contributed by atoms with E-state index in [1.807, 2.05) is 13.8 Å². The highest BCUT2D eigenvalue weighted by Gasteiger charge is 2.25. The van der Waals surface area contributed by atoms with Gasteiger partial charge in [-0.05, 0) is 37.1 Å². The minimum atomic E-state index is -0.847. The second-order valence-electron chi connectivity index (χ2n) is 6.24. The monoisotopic (exact) mass is 346 g/mol. The van der Waals surface area contributed by atoms with Crippen molar-refractivity contribution < 1.29 is 14.3 Å². The molecule has 25 heavy (non-hydrogen) atoms. The van der Waals surface area contributed by atoms with Crippen LogP contribution in [0.25, 0.3) is 11.5 Å². The number of anilines is 1. The van der Waals surface area contributed by atoms with E-state index in [2.05, 4.69) is 20.8 Å². The lowest BCUT2D eigenvalue weighted by molar-refractivity contribution is 0.0245. The van der Waals surface area contributed by atoms with Gasteiger partial charge in [0.25, 0.3) is 0 Å². The van der Waals surface area contributed by atoms with E-state index in [0.29, 0.717) is 30.3 Å². The van der Waals surface area contributed by atoms with Crippen LogP contribution in [0, 0.1) is 6.92 Å². The van der Waals surface area contributed by atoms with Gasteiger partial charge in [-0.1, -0.05) is 26.7 Å². The number of aryl methyl sites for hydroxylation is 1. The first-order valence-electron chi connectivity index (χ1n) is 8.63. The molecule has 2 rings (SSSR count). The Hall–Kier alpha value is -2.41. The summed E-state index contributed by atoms with van der Waals surface area (Å²) in [6.07, 6.45) is 3.08. The lowest BCUT2D eigenvalue weighted by Gasteiger charge is -2.27. The molecule has 3 N–H and O–H groups in total. The Morgan fingerprint density at radius 1 is 1.16 bits per heavy atom. The van der Waals surface area contributed by atoms with Crippen molar-refractivity contribution in [3.63, 3.8) is 0 Å². The van der Waals surface area contributed by atoms with E-state index in [4.69, 9.17) is 4.42 Å². The van der Waals surface area contributed by atoms with Crippen molar-refractivity contribution in [3.8, 4) is 11.5 Å². The van der Waals surface area contributed by atoms with Crippen LogP contribution < -0.4 is 10.6 Å². The zero-order chi connectivity index (χ0) is 18.3. The van der Waals surface area contributed by atoms with E-state index in [9.17, 15) is 9.90 Å². The fourth-order valence-corrected chi connectivity index (χ4v) is 2.76. The van der Waals surface area contributed by atoms with Crippen molar-refractivity contribution in [1.29, 1.82) is 0 Å². The van der Waals surface area contributed by atoms with Gasteiger partial charge in [0.1, 0.15) is 0 Å². The van der Waals surface area contributed by atoms with Crippen LogP contribution in [0.1, 0.15) is 45.4 Å². The van der Waals surface area contributed by atoms with Crippen LogP contribution in [0.3, 0.4) is 0 Å². The molecule has 136 valence electrons. The molecule has 0 aliphatic rings. The molecule has 0 aliphatic carbocycles. The van der Waals surface area contributed by atoms with Gasteiger partial charge in [0, 0.05) is 24.7 Å². The van der Waals surface area contributed by atoms with Crippen LogP contribution in [-0.4, -0.2) is 33.5 Å². The number of amides is 2. The number of rotatable bonds is 8. The summed E-state index contributed by atoms with van der Waals surface area (Å²) in [5, 5.41) is 23.8. The Kier molecular flexibility index (Phi) is 6.52. The number of hydrogen-bond donors (Lipinski definition) is 3. The van der Waals surface area contributed by atoms with Crippen LogP contribution in [-0.2, 0) is 0 Å². The van der Waals surface area contributed by atoms with E-state index >= 15 is 0 Å². The maximum atomic E-state index is 12.1. The predicted molar refractivity (Wildman–Crippen MR) is 96.3 cm³/mol. The largest absolute Gasteiger partial charge is 0.421 e. The number of benzene rings is 1. The molecule has 2 aromatic rings. The zero-order valence-electron chi connectivity index (χ0n) is 15.0. The summed E-state index contributed by atoms with van der Waals surface area (Å²) >= 11 is 0. The number of aromatic nitrogens is 2. The molecule has 0 atom stereocenters. The molecule has 7 heteroatoms. The van der Waals surface area contributed by atoms with E-state index in [0.717, 1.165) is 18.4 Å². The SMILES string of the molecule is CCCC(O)(CCC)CNC(=O)Nc1ccc(-c2nnc(C)o2)cc1. The first-order chi connectivity index (χ1) is 12.0. The number of carbonyl (C=O) groups excluding carboxylic acids is 1. The van der Waals surface area contributed by atoms with Crippen molar-refractivity contribution in [3.05, 3.63) is 30.2 Å². The Morgan fingerprint density at radius 2 is 1.80 bits per heavy atom. The highest BCUT2D eigenvalue weighted by molar-refractivity contribution is 5.89. The normalized spacial score (nSPS) is 11.4. The van der Waals surface area contributed by atoms with E-state index in [1.54, 1.807) is 31.2 Å². The highest BCUT2D eigenvalue weighted by atomic mass is 16.4. The number of aliphatic hydroxyl groups is 1. The fourth-order valence-electron chi connectivity index (χ4n) is 2.76. The van der Waals surface area contributed by atoms with Gasteiger partial charge in [-0.3, -0.25) is 0 Å². The third-order valence-electron chi connectivity index (χ3n) is 3.92. The summed E-state index contributed by atoms with van der Waals surface area (Å²) in [4.78, 5) is 12.1. The molecule has 1 aromatic carbocycles. The number of urea groups is 1. The summed E-state index contributed by atoms with van der Waals surface area (Å²) < 4.78 is 5.36. The molecular weight excluding hydrogens is 320 g/mol. The van der Waals surface area contributed by atoms with Gasteiger partial charge >= 0.3 is 6.03 Å². The number of nitrogens with one attached hydrogen (secondary N) is 2. The number of nitrogens with zero attached hydrogens (tertiary/aromatic N) is 2. The molecule has 0 radical (unpaired) electrons. The standard InChI is InChI=1S/C18H26N4O3/c1-4-10-18(24,11-5-2)12-19-17(23)20-15-8-6-14(7-9-15)16-22-21-13(3)25-16/h6-9,24H,4-5,10-12H2,1-3H3,(H2,19,20,23). The molecule has 1 aromatic heterocycles. The summed E-state index contributed by atoms with van der Waals surface area (Å²) in [5.41, 5.74) is 0.583. The van der Waals surface area contributed by atoms with E-state index in [1.165, 1.54) is 0 Å². The fraction of sp³-hybridized carbons (Fsp3) is 0.500. The number of hydrogen-bond acceptors (Lipinski definition) is 5. The van der Waals surface area contributed by atoms with Gasteiger partial charge < -0.3 is 20.2 Å². The van der Waals surface area contributed by atoms with E-state index < -0.39 is 5.60 Å². The molecule has 0 saturated heterocycles. The third-order valence-corrected chi connectivity index (χ3v) is 3.92. The van der Waals surface area contributed by atoms with Gasteiger partial charge in [0.15, 0.2) is 0 Å². The Morgan fingerprint density at radius 3 is 2.32 bits per heavy atom. The molecule has 0 spiro atoms. The Bertz CT molecular complexity index is 676. The third kappa shape index (κ3) is 5.56. The summed E-state index contributed by atoms with van der Waals surface area (Å²) in [7, 11) is 0. The minimum absolute atomic E-state index is 0.236. The lowest BCUT2D eigenvalue weighted by atomic mass is 9.93. The lowest BCUT2D eigenvalue weighted by Crippen LogP contribution is -2.44. The van der Waals surface area contributed by atoms with Crippen LogP contribution in [0.5, 0.6) is 0 Å². The average Bonchev–Trinajstić information content (AvgIpc) is 3.01. The second-order valence-corrected chi connectivity index (χ2v) is 6.24. The molecule has 0 fully saturated rings. The molecule has 0 saturated carbocycles. The van der Waals surface area contributed by atoms with Crippen molar-refractivity contribution in [2.75, 3.05) is 11.9 Å². The zero-order valence-corrected chi connectivity index (χ0v) is 15.0. The van der Waals surface area contributed by atoms with E-state index in [-0.39, 0.29) is 12.6 Å². The average molecular weight is 346 g/mol. The highest BCUT2D eigenvalue weighted by Crippen LogP contribution is 2.20. The van der Waals surface area contributed by atoms with Crippen LogP contribution in [0.2, 0.25) is 0 Å². The van der Waals surface area contributed by atoms with Crippen LogP contribution in [0.4, 0.5) is 10.5 Å². The summed E-state index contributed by atoms with van der Waals surface area (Å²) in [6, 6.07) is 6.78. The molecule has 0 aliphatic heterocycles. The topological polar surface area (TPSA) is 100 Å².